The fourth-order valence-corrected chi connectivity index (χ4v) is 4.58. The lowest BCUT2D eigenvalue weighted by molar-refractivity contribution is -0.126. The van der Waals surface area contributed by atoms with Crippen molar-refractivity contribution in [1.82, 2.24) is 4.72 Å². The van der Waals surface area contributed by atoms with Crippen LogP contribution in [-0.2, 0) is 26.0 Å². The zero-order chi connectivity index (χ0) is 21.9. The van der Waals surface area contributed by atoms with Gasteiger partial charge in [0, 0.05) is 18.8 Å². The standard InChI is InChI=1S/C22H26N2O5S/c1-4-23-30(27,28)18-12-11-15(2)19(14-18)22(26)29-16(3)21(25)24-13-7-9-17-8-5-6-10-20(17)24/h5-6,8,10-12,14,16,23H,4,7,9,13H2,1-3H3. The summed E-state index contributed by atoms with van der Waals surface area (Å²) in [5.74, 6) is -1.03. The number of carbonyl (C=O) groups is 2. The van der Waals surface area contributed by atoms with Crippen molar-refractivity contribution in [3.8, 4) is 0 Å². The van der Waals surface area contributed by atoms with Crippen LogP contribution in [0.25, 0.3) is 0 Å². The molecule has 1 amide bonds. The topological polar surface area (TPSA) is 92.8 Å². The number of anilines is 1. The Morgan fingerprint density at radius 2 is 1.93 bits per heavy atom. The number of nitrogens with one attached hydrogen (secondary N) is 1. The molecule has 0 bridgehead atoms. The summed E-state index contributed by atoms with van der Waals surface area (Å²) in [6, 6.07) is 12.0. The fourth-order valence-electron chi connectivity index (χ4n) is 3.52. The average molecular weight is 431 g/mol. The molecule has 0 aliphatic carbocycles. The first-order valence-electron chi connectivity index (χ1n) is 9.95. The van der Waals surface area contributed by atoms with Gasteiger partial charge in [0.25, 0.3) is 5.91 Å². The Morgan fingerprint density at radius 1 is 1.20 bits per heavy atom. The van der Waals surface area contributed by atoms with E-state index in [0.717, 1.165) is 24.1 Å². The predicted octanol–water partition coefficient (Wildman–Crippen LogP) is 2.82. The summed E-state index contributed by atoms with van der Waals surface area (Å²) in [5, 5.41) is 0. The van der Waals surface area contributed by atoms with E-state index in [1.54, 1.807) is 24.8 Å². The third-order valence-electron chi connectivity index (χ3n) is 5.08. The van der Waals surface area contributed by atoms with Gasteiger partial charge in [-0.1, -0.05) is 31.2 Å². The molecule has 0 fully saturated rings. The number of sulfonamides is 1. The largest absolute Gasteiger partial charge is 0.449 e. The lowest BCUT2D eigenvalue weighted by atomic mass is 10.0. The van der Waals surface area contributed by atoms with Crippen molar-refractivity contribution in [2.24, 2.45) is 0 Å². The lowest BCUT2D eigenvalue weighted by Gasteiger charge is -2.31. The number of esters is 1. The van der Waals surface area contributed by atoms with E-state index >= 15 is 0 Å². The molecular weight excluding hydrogens is 404 g/mol. The number of nitrogens with zero attached hydrogens (tertiary/aromatic N) is 1. The number of para-hydroxylation sites is 1. The van der Waals surface area contributed by atoms with Crippen LogP contribution in [0.1, 0.15) is 41.8 Å². The molecule has 3 rings (SSSR count). The van der Waals surface area contributed by atoms with Gasteiger partial charge in [0.15, 0.2) is 6.10 Å². The molecule has 0 spiro atoms. The maximum absolute atomic E-state index is 13.0. The zero-order valence-corrected chi connectivity index (χ0v) is 18.2. The van der Waals surface area contributed by atoms with Gasteiger partial charge < -0.3 is 9.64 Å². The number of hydrogen-bond acceptors (Lipinski definition) is 5. The monoisotopic (exact) mass is 430 g/mol. The van der Waals surface area contributed by atoms with Crippen molar-refractivity contribution in [2.45, 2.75) is 44.6 Å². The maximum atomic E-state index is 13.0. The molecule has 1 unspecified atom stereocenters. The molecule has 2 aromatic carbocycles. The van der Waals surface area contributed by atoms with E-state index in [1.807, 2.05) is 24.3 Å². The van der Waals surface area contributed by atoms with Crippen LogP contribution in [0, 0.1) is 6.92 Å². The fraction of sp³-hybridized carbons (Fsp3) is 0.364. The van der Waals surface area contributed by atoms with Crippen LogP contribution in [0.5, 0.6) is 0 Å². The quantitative estimate of drug-likeness (QED) is 0.712. The van der Waals surface area contributed by atoms with Gasteiger partial charge in [-0.2, -0.15) is 0 Å². The summed E-state index contributed by atoms with van der Waals surface area (Å²) in [7, 11) is -3.71. The van der Waals surface area contributed by atoms with Gasteiger partial charge in [-0.25, -0.2) is 17.9 Å². The number of aryl methyl sites for hydroxylation is 2. The zero-order valence-electron chi connectivity index (χ0n) is 17.3. The summed E-state index contributed by atoms with van der Waals surface area (Å²) in [4.78, 5) is 27.3. The highest BCUT2D eigenvalue weighted by Crippen LogP contribution is 2.27. The second-order valence-corrected chi connectivity index (χ2v) is 9.01. The molecule has 30 heavy (non-hydrogen) atoms. The molecule has 0 saturated carbocycles. The van der Waals surface area contributed by atoms with Crippen LogP contribution < -0.4 is 9.62 Å². The van der Waals surface area contributed by atoms with Crippen molar-refractivity contribution in [3.05, 3.63) is 59.2 Å². The summed E-state index contributed by atoms with van der Waals surface area (Å²) in [6.45, 7) is 5.69. The molecule has 2 aromatic rings. The van der Waals surface area contributed by atoms with Crippen LogP contribution in [-0.4, -0.2) is 39.5 Å². The number of carbonyl (C=O) groups excluding carboxylic acids is 2. The molecule has 1 atom stereocenters. The van der Waals surface area contributed by atoms with Crippen molar-refractivity contribution in [1.29, 1.82) is 0 Å². The van der Waals surface area contributed by atoms with Crippen LogP contribution in [0.4, 0.5) is 5.69 Å². The summed E-state index contributed by atoms with van der Waals surface area (Å²) in [6.07, 6.45) is 0.741. The SMILES string of the molecule is CCNS(=O)(=O)c1ccc(C)c(C(=O)OC(C)C(=O)N2CCCc3ccccc32)c1. The van der Waals surface area contributed by atoms with Gasteiger partial charge in [0.05, 0.1) is 10.5 Å². The van der Waals surface area contributed by atoms with Crippen LogP contribution in [0.3, 0.4) is 0 Å². The molecule has 1 N–H and O–H groups in total. The molecule has 1 aliphatic heterocycles. The summed E-state index contributed by atoms with van der Waals surface area (Å²) in [5.41, 5.74) is 2.62. The third-order valence-corrected chi connectivity index (χ3v) is 6.62. The Hall–Kier alpha value is -2.71. The van der Waals surface area contributed by atoms with Crippen LogP contribution in [0.15, 0.2) is 47.4 Å². The van der Waals surface area contributed by atoms with Crippen molar-refractivity contribution < 1.29 is 22.7 Å². The summed E-state index contributed by atoms with van der Waals surface area (Å²) >= 11 is 0. The smallest absolute Gasteiger partial charge is 0.339 e. The Kier molecular flexibility index (Phi) is 6.58. The minimum atomic E-state index is -3.71. The van der Waals surface area contributed by atoms with E-state index in [4.69, 9.17) is 4.74 Å². The van der Waals surface area contributed by atoms with Gasteiger partial charge in [-0.15, -0.1) is 0 Å². The number of hydrogen-bond donors (Lipinski definition) is 1. The Morgan fingerprint density at radius 3 is 2.67 bits per heavy atom. The number of ether oxygens (including phenoxy) is 1. The van der Waals surface area contributed by atoms with E-state index in [1.165, 1.54) is 19.1 Å². The molecule has 1 aliphatic rings. The first kappa shape index (κ1) is 22.0. The molecular formula is C22H26N2O5S. The van der Waals surface area contributed by atoms with E-state index in [2.05, 4.69) is 4.72 Å². The Labute approximate surface area is 177 Å². The number of benzene rings is 2. The first-order valence-corrected chi connectivity index (χ1v) is 11.4. The number of amides is 1. The highest BCUT2D eigenvalue weighted by Gasteiger charge is 2.29. The third kappa shape index (κ3) is 4.55. The second kappa shape index (κ2) is 8.97. The molecule has 0 aromatic heterocycles. The second-order valence-electron chi connectivity index (χ2n) is 7.25. The van der Waals surface area contributed by atoms with E-state index in [-0.39, 0.29) is 22.9 Å². The molecule has 0 radical (unpaired) electrons. The van der Waals surface area contributed by atoms with Crippen LogP contribution in [0.2, 0.25) is 0 Å². The Bertz CT molecular complexity index is 1060. The maximum Gasteiger partial charge on any atom is 0.339 e. The number of rotatable bonds is 6. The predicted molar refractivity (Wildman–Crippen MR) is 114 cm³/mol. The van der Waals surface area contributed by atoms with Crippen molar-refractivity contribution in [2.75, 3.05) is 18.0 Å². The first-order chi connectivity index (χ1) is 14.2. The lowest BCUT2D eigenvalue weighted by Crippen LogP contribution is -2.42. The van der Waals surface area contributed by atoms with Gasteiger partial charge in [-0.3, -0.25) is 4.79 Å². The van der Waals surface area contributed by atoms with E-state index < -0.39 is 22.1 Å². The molecule has 8 heteroatoms. The summed E-state index contributed by atoms with van der Waals surface area (Å²) < 4.78 is 32.3. The molecule has 1 heterocycles. The van der Waals surface area contributed by atoms with Gasteiger partial charge in [0.2, 0.25) is 10.0 Å². The van der Waals surface area contributed by atoms with Crippen LogP contribution >= 0.6 is 0 Å². The highest BCUT2D eigenvalue weighted by molar-refractivity contribution is 7.89. The normalized spacial score (nSPS) is 14.7. The van der Waals surface area contributed by atoms with Crippen molar-refractivity contribution in [3.63, 3.8) is 0 Å². The average Bonchev–Trinajstić information content (AvgIpc) is 2.72. The molecule has 0 saturated heterocycles. The van der Waals surface area contributed by atoms with Gasteiger partial charge >= 0.3 is 5.97 Å². The van der Waals surface area contributed by atoms with E-state index in [9.17, 15) is 18.0 Å². The highest BCUT2D eigenvalue weighted by atomic mass is 32.2. The molecule has 160 valence electrons. The molecule has 7 nitrogen and oxygen atoms in total. The number of fused-ring (bicyclic) bond motifs is 1. The van der Waals surface area contributed by atoms with Crippen molar-refractivity contribution >= 4 is 27.6 Å². The van der Waals surface area contributed by atoms with Gasteiger partial charge in [0.1, 0.15) is 0 Å². The Balaban J connectivity index is 1.79. The minimum absolute atomic E-state index is 0.0224. The van der Waals surface area contributed by atoms with Gasteiger partial charge in [-0.05, 0) is 56.0 Å². The minimum Gasteiger partial charge on any atom is -0.449 e. The van der Waals surface area contributed by atoms with E-state index in [0.29, 0.717) is 12.1 Å².